The van der Waals surface area contributed by atoms with Crippen molar-refractivity contribution in [3.8, 4) is 28.7 Å². The third-order valence-corrected chi connectivity index (χ3v) is 3.78. The molecule has 1 atom stereocenters. The molecule has 0 spiro atoms. The van der Waals surface area contributed by atoms with E-state index < -0.39 is 24.6 Å². The second kappa shape index (κ2) is 8.96. The molecule has 0 aliphatic rings. The molecule has 0 saturated heterocycles. The van der Waals surface area contributed by atoms with Crippen LogP contribution >= 0.6 is 0 Å². The predicted molar refractivity (Wildman–Crippen MR) is 98.1 cm³/mol. The summed E-state index contributed by atoms with van der Waals surface area (Å²) in [6.45, 7) is 1.01. The number of amides is 1. The van der Waals surface area contributed by atoms with Crippen LogP contribution in [0.15, 0.2) is 30.3 Å². The number of hydrogen-bond acceptors (Lipinski definition) is 7. The molecular weight excluding hydrogens is 370 g/mol. The molecule has 2 rings (SSSR count). The third-order valence-electron chi connectivity index (χ3n) is 3.78. The molecule has 1 amide bonds. The largest absolute Gasteiger partial charge is 0.496 e. The number of methoxy groups -OCH3 is 2. The Morgan fingerprint density at radius 3 is 2.07 bits per heavy atom. The maximum absolute atomic E-state index is 11.4. The van der Waals surface area contributed by atoms with Crippen LogP contribution in [-0.4, -0.2) is 42.9 Å². The molecule has 2 aromatic rings. The lowest BCUT2D eigenvalue weighted by molar-refractivity contribution is -0.139. The fourth-order valence-electron chi connectivity index (χ4n) is 2.40. The molecule has 0 saturated carbocycles. The maximum atomic E-state index is 11.4. The summed E-state index contributed by atoms with van der Waals surface area (Å²) >= 11 is 0. The number of aliphatic hydroxyl groups excluding tert-OH is 1. The van der Waals surface area contributed by atoms with Crippen molar-refractivity contribution in [2.24, 2.45) is 5.73 Å². The Morgan fingerprint density at radius 2 is 1.57 bits per heavy atom. The van der Waals surface area contributed by atoms with E-state index in [-0.39, 0.29) is 11.3 Å². The second-order valence-electron chi connectivity index (χ2n) is 5.79. The lowest BCUT2D eigenvalue weighted by atomic mass is 10.0. The average Bonchev–Trinajstić information content (AvgIpc) is 2.66. The number of carboxylic acids is 1. The van der Waals surface area contributed by atoms with Gasteiger partial charge in [0.1, 0.15) is 28.7 Å². The number of carboxylic acid groups (broad SMARTS) is 1. The second-order valence-corrected chi connectivity index (χ2v) is 5.79. The van der Waals surface area contributed by atoms with E-state index in [0.29, 0.717) is 28.6 Å². The van der Waals surface area contributed by atoms with E-state index in [9.17, 15) is 14.7 Å². The summed E-state index contributed by atoms with van der Waals surface area (Å²) < 4.78 is 21.4. The van der Waals surface area contributed by atoms with Crippen LogP contribution in [0.3, 0.4) is 0 Å². The number of benzene rings is 2. The van der Waals surface area contributed by atoms with Gasteiger partial charge in [-0.1, -0.05) is 0 Å². The van der Waals surface area contributed by atoms with Gasteiger partial charge in [0.15, 0.2) is 12.7 Å². The summed E-state index contributed by atoms with van der Waals surface area (Å²) in [4.78, 5) is 22.2. The highest BCUT2D eigenvalue weighted by Gasteiger charge is 2.22. The number of carbonyl (C=O) groups excluding carboxylic acids is 1. The fraction of sp³-hybridized carbons (Fsp3) is 0.263. The van der Waals surface area contributed by atoms with Gasteiger partial charge < -0.3 is 34.9 Å². The summed E-state index contributed by atoms with van der Waals surface area (Å²) in [6, 6.07) is 7.76. The van der Waals surface area contributed by atoms with E-state index in [1.807, 2.05) is 0 Å². The first kappa shape index (κ1) is 20.8. The monoisotopic (exact) mass is 391 g/mol. The SMILES string of the molecule is COc1cc(OC)cc(Oc2cc(OCC(=O)O)c(C(O)C(N)=O)cc2C)c1. The van der Waals surface area contributed by atoms with Crippen molar-refractivity contribution < 1.29 is 38.7 Å². The van der Waals surface area contributed by atoms with Crippen molar-refractivity contribution in [3.63, 3.8) is 0 Å². The Labute approximate surface area is 161 Å². The molecule has 0 aromatic heterocycles. The smallest absolute Gasteiger partial charge is 0.341 e. The van der Waals surface area contributed by atoms with Crippen LogP contribution < -0.4 is 24.7 Å². The van der Waals surface area contributed by atoms with Crippen molar-refractivity contribution in [2.75, 3.05) is 20.8 Å². The van der Waals surface area contributed by atoms with Crippen LogP contribution in [0.1, 0.15) is 17.2 Å². The Morgan fingerprint density at radius 1 is 1.00 bits per heavy atom. The maximum Gasteiger partial charge on any atom is 0.341 e. The van der Waals surface area contributed by atoms with Gasteiger partial charge in [-0.2, -0.15) is 0 Å². The molecule has 150 valence electrons. The van der Waals surface area contributed by atoms with Gasteiger partial charge in [-0.25, -0.2) is 4.79 Å². The number of aliphatic hydroxyl groups is 1. The van der Waals surface area contributed by atoms with E-state index in [4.69, 9.17) is 29.8 Å². The van der Waals surface area contributed by atoms with Crippen molar-refractivity contribution in [1.29, 1.82) is 0 Å². The number of aryl methyl sites for hydroxylation is 1. The number of hydrogen-bond donors (Lipinski definition) is 3. The lowest BCUT2D eigenvalue weighted by Gasteiger charge is -2.18. The normalized spacial score (nSPS) is 11.4. The Balaban J connectivity index is 2.45. The zero-order valence-electron chi connectivity index (χ0n) is 15.6. The number of ether oxygens (including phenoxy) is 4. The molecule has 0 heterocycles. The zero-order valence-corrected chi connectivity index (χ0v) is 15.6. The van der Waals surface area contributed by atoms with Crippen LogP contribution in [0.25, 0.3) is 0 Å². The summed E-state index contributed by atoms with van der Waals surface area (Å²) in [5.41, 5.74) is 5.75. The van der Waals surface area contributed by atoms with Crippen molar-refractivity contribution in [3.05, 3.63) is 41.5 Å². The molecule has 2 aromatic carbocycles. The minimum atomic E-state index is -1.66. The first-order valence-corrected chi connectivity index (χ1v) is 8.12. The molecule has 28 heavy (non-hydrogen) atoms. The number of aliphatic carboxylic acids is 1. The van der Waals surface area contributed by atoms with Gasteiger partial charge in [0.05, 0.1) is 14.2 Å². The van der Waals surface area contributed by atoms with Crippen LogP contribution in [0.4, 0.5) is 0 Å². The van der Waals surface area contributed by atoms with Crippen LogP contribution in [0.5, 0.6) is 28.7 Å². The molecule has 0 radical (unpaired) electrons. The van der Waals surface area contributed by atoms with Gasteiger partial charge in [0.25, 0.3) is 5.91 Å². The average molecular weight is 391 g/mol. The number of nitrogens with two attached hydrogens (primary N) is 1. The van der Waals surface area contributed by atoms with Gasteiger partial charge in [-0.15, -0.1) is 0 Å². The summed E-state index contributed by atoms with van der Waals surface area (Å²) in [5.74, 6) is -0.525. The van der Waals surface area contributed by atoms with E-state index in [2.05, 4.69) is 0 Å². The van der Waals surface area contributed by atoms with Gasteiger partial charge in [0, 0.05) is 29.8 Å². The van der Waals surface area contributed by atoms with Gasteiger partial charge in [-0.05, 0) is 18.6 Å². The summed E-state index contributed by atoms with van der Waals surface area (Å²) in [5, 5.41) is 18.9. The predicted octanol–water partition coefficient (Wildman–Crippen LogP) is 1.79. The summed E-state index contributed by atoms with van der Waals surface area (Å²) in [7, 11) is 3.00. The summed E-state index contributed by atoms with van der Waals surface area (Å²) in [6.07, 6.45) is -1.66. The van der Waals surface area contributed by atoms with Crippen molar-refractivity contribution in [2.45, 2.75) is 13.0 Å². The van der Waals surface area contributed by atoms with Gasteiger partial charge in [-0.3, -0.25) is 4.79 Å². The number of rotatable bonds is 9. The molecule has 0 fully saturated rings. The highest BCUT2D eigenvalue weighted by Crippen LogP contribution is 2.37. The first-order valence-electron chi connectivity index (χ1n) is 8.12. The van der Waals surface area contributed by atoms with Crippen molar-refractivity contribution >= 4 is 11.9 Å². The molecule has 0 aliphatic carbocycles. The van der Waals surface area contributed by atoms with E-state index in [1.54, 1.807) is 25.1 Å². The topological polar surface area (TPSA) is 138 Å². The number of primary amides is 1. The molecule has 0 bridgehead atoms. The fourth-order valence-corrected chi connectivity index (χ4v) is 2.40. The quantitative estimate of drug-likeness (QED) is 0.588. The third kappa shape index (κ3) is 5.04. The molecular formula is C19H21NO8. The standard InChI is InChI=1S/C19H21NO8/c1-10-4-14(18(23)19(20)24)16(27-9-17(21)22)8-15(10)28-13-6-11(25-2)5-12(7-13)26-3/h4-8,18,23H,9H2,1-3H3,(H2,20,24)(H,21,22). The highest BCUT2D eigenvalue weighted by atomic mass is 16.5. The van der Waals surface area contributed by atoms with Gasteiger partial charge >= 0.3 is 5.97 Å². The highest BCUT2D eigenvalue weighted by molar-refractivity contribution is 5.81. The van der Waals surface area contributed by atoms with E-state index in [0.717, 1.165) is 0 Å². The molecule has 9 heteroatoms. The molecule has 4 N–H and O–H groups in total. The zero-order chi connectivity index (χ0) is 20.8. The first-order chi connectivity index (χ1) is 13.2. The van der Waals surface area contributed by atoms with Crippen molar-refractivity contribution in [1.82, 2.24) is 0 Å². The van der Waals surface area contributed by atoms with Crippen LogP contribution in [0.2, 0.25) is 0 Å². The number of carbonyl (C=O) groups is 2. The Hall–Kier alpha value is -3.46. The van der Waals surface area contributed by atoms with Gasteiger partial charge in [0.2, 0.25) is 0 Å². The molecule has 9 nitrogen and oxygen atoms in total. The molecule has 0 aliphatic heterocycles. The molecule has 1 unspecified atom stereocenters. The van der Waals surface area contributed by atoms with Crippen LogP contribution in [0, 0.1) is 6.92 Å². The Kier molecular flexibility index (Phi) is 6.67. The minimum absolute atomic E-state index is 0.0378. The van der Waals surface area contributed by atoms with Crippen LogP contribution in [-0.2, 0) is 9.59 Å². The Bertz CT molecular complexity index is 858. The van der Waals surface area contributed by atoms with E-state index in [1.165, 1.54) is 26.4 Å². The lowest BCUT2D eigenvalue weighted by Crippen LogP contribution is -2.22. The van der Waals surface area contributed by atoms with E-state index >= 15 is 0 Å². The minimum Gasteiger partial charge on any atom is -0.496 e.